The molecule has 2 aromatic rings. The second kappa shape index (κ2) is 5.93. The highest BCUT2D eigenvalue weighted by Crippen LogP contribution is 2.15. The van der Waals surface area contributed by atoms with Gasteiger partial charge < -0.3 is 5.32 Å². The Morgan fingerprint density at radius 1 is 1.16 bits per heavy atom. The monoisotopic (exact) mass is 325 g/mol. The van der Waals surface area contributed by atoms with Gasteiger partial charge in [-0.15, -0.1) is 0 Å². The summed E-state index contributed by atoms with van der Waals surface area (Å²) in [6.07, 6.45) is 0. The summed E-state index contributed by atoms with van der Waals surface area (Å²) in [6, 6.07) is 9.99. The molecule has 0 spiro atoms. The second-order valence-corrected chi connectivity index (χ2v) is 4.85. The highest BCUT2D eigenvalue weighted by atomic mass is 79.9. The van der Waals surface area contributed by atoms with Crippen LogP contribution in [0.2, 0.25) is 0 Å². The van der Waals surface area contributed by atoms with Gasteiger partial charge in [0.25, 0.3) is 5.91 Å². The number of rotatable bonds is 3. The zero-order valence-electron chi connectivity index (χ0n) is 9.79. The number of nitrogens with one attached hydrogen (secondary N) is 1. The maximum atomic E-state index is 13.5. The van der Waals surface area contributed by atoms with Crippen molar-refractivity contribution in [3.05, 3.63) is 69.7 Å². The molecule has 0 aromatic heterocycles. The van der Waals surface area contributed by atoms with E-state index in [1.807, 2.05) is 0 Å². The second-order valence-electron chi connectivity index (χ2n) is 3.94. The molecular formula is C14H10BrF2NO. The van der Waals surface area contributed by atoms with Crippen LogP contribution in [0.3, 0.4) is 0 Å². The predicted octanol–water partition coefficient (Wildman–Crippen LogP) is 3.66. The molecule has 0 radical (unpaired) electrons. The molecule has 0 unspecified atom stereocenters. The van der Waals surface area contributed by atoms with Crippen LogP contribution in [0.4, 0.5) is 8.78 Å². The van der Waals surface area contributed by atoms with Crippen LogP contribution in [0, 0.1) is 11.6 Å². The van der Waals surface area contributed by atoms with Crippen LogP contribution in [0.25, 0.3) is 0 Å². The van der Waals surface area contributed by atoms with Gasteiger partial charge in [-0.2, -0.15) is 0 Å². The third-order valence-corrected chi connectivity index (χ3v) is 3.01. The van der Waals surface area contributed by atoms with Crippen LogP contribution in [0.1, 0.15) is 15.9 Å². The zero-order valence-corrected chi connectivity index (χ0v) is 11.4. The first-order valence-electron chi connectivity index (χ1n) is 5.54. The fraction of sp³-hybridized carbons (Fsp3) is 0.0714. The average molecular weight is 326 g/mol. The number of benzene rings is 2. The quantitative estimate of drug-likeness (QED) is 0.916. The van der Waals surface area contributed by atoms with Crippen molar-refractivity contribution >= 4 is 21.8 Å². The fourth-order valence-corrected chi connectivity index (χ4v) is 1.96. The van der Waals surface area contributed by atoms with E-state index in [-0.39, 0.29) is 17.9 Å². The van der Waals surface area contributed by atoms with E-state index in [1.165, 1.54) is 30.3 Å². The van der Waals surface area contributed by atoms with Crippen LogP contribution in [-0.2, 0) is 6.54 Å². The fourth-order valence-electron chi connectivity index (χ4n) is 1.60. The Bertz CT molecular complexity index is 616. The smallest absolute Gasteiger partial charge is 0.254 e. The zero-order chi connectivity index (χ0) is 13.8. The molecule has 0 atom stereocenters. The molecule has 2 aromatic carbocycles. The molecule has 0 aliphatic carbocycles. The first kappa shape index (κ1) is 13.7. The summed E-state index contributed by atoms with van der Waals surface area (Å²) in [7, 11) is 0. The molecule has 1 N–H and O–H groups in total. The van der Waals surface area contributed by atoms with E-state index in [9.17, 15) is 13.6 Å². The lowest BCUT2D eigenvalue weighted by atomic mass is 10.2. The van der Waals surface area contributed by atoms with E-state index >= 15 is 0 Å². The molecule has 2 rings (SSSR count). The Morgan fingerprint density at radius 2 is 1.95 bits per heavy atom. The van der Waals surface area contributed by atoms with Crippen molar-refractivity contribution in [2.24, 2.45) is 0 Å². The van der Waals surface area contributed by atoms with Crippen molar-refractivity contribution in [1.82, 2.24) is 5.32 Å². The molecule has 19 heavy (non-hydrogen) atoms. The minimum atomic E-state index is -0.597. The molecule has 0 aliphatic heterocycles. The molecule has 98 valence electrons. The summed E-state index contributed by atoms with van der Waals surface area (Å²) in [5.41, 5.74) is 0.564. The maximum absolute atomic E-state index is 13.5. The van der Waals surface area contributed by atoms with Gasteiger partial charge in [-0.1, -0.05) is 28.1 Å². The minimum absolute atomic E-state index is 0.0502. The number of carbonyl (C=O) groups is 1. The molecule has 0 saturated heterocycles. The number of carbonyl (C=O) groups excluding carboxylic acids is 1. The lowest BCUT2D eigenvalue weighted by Crippen LogP contribution is -2.23. The van der Waals surface area contributed by atoms with Gasteiger partial charge in [0.2, 0.25) is 0 Å². The molecule has 1 amide bonds. The topological polar surface area (TPSA) is 29.1 Å². The number of hydrogen-bond donors (Lipinski definition) is 1. The van der Waals surface area contributed by atoms with E-state index in [0.717, 1.165) is 0 Å². The molecule has 0 saturated carbocycles. The predicted molar refractivity (Wildman–Crippen MR) is 71.7 cm³/mol. The third-order valence-electron chi connectivity index (χ3n) is 2.52. The third kappa shape index (κ3) is 3.61. The largest absolute Gasteiger partial charge is 0.348 e. The van der Waals surface area contributed by atoms with Crippen LogP contribution >= 0.6 is 15.9 Å². The van der Waals surface area contributed by atoms with Gasteiger partial charge >= 0.3 is 0 Å². The summed E-state index contributed by atoms with van der Waals surface area (Å²) in [4.78, 5) is 11.8. The molecule has 0 aliphatic rings. The van der Waals surface area contributed by atoms with Crippen LogP contribution < -0.4 is 5.32 Å². The molecule has 0 fully saturated rings. The maximum Gasteiger partial charge on any atom is 0.254 e. The number of amides is 1. The summed E-state index contributed by atoms with van der Waals surface area (Å²) in [5.74, 6) is -1.51. The highest BCUT2D eigenvalue weighted by molar-refractivity contribution is 9.10. The normalized spacial score (nSPS) is 10.3. The van der Waals surface area contributed by atoms with Gasteiger partial charge in [-0.3, -0.25) is 4.79 Å². The van der Waals surface area contributed by atoms with Crippen LogP contribution in [0.5, 0.6) is 0 Å². The van der Waals surface area contributed by atoms with E-state index in [1.54, 1.807) is 12.1 Å². The van der Waals surface area contributed by atoms with Crippen molar-refractivity contribution in [3.8, 4) is 0 Å². The van der Waals surface area contributed by atoms with E-state index < -0.39 is 11.7 Å². The highest BCUT2D eigenvalue weighted by Gasteiger charge is 2.11. The Morgan fingerprint density at radius 3 is 2.68 bits per heavy atom. The van der Waals surface area contributed by atoms with Gasteiger partial charge in [0.15, 0.2) is 0 Å². The van der Waals surface area contributed by atoms with Crippen LogP contribution in [0.15, 0.2) is 46.9 Å². The summed E-state index contributed by atoms with van der Waals surface area (Å²) >= 11 is 3.17. The van der Waals surface area contributed by atoms with Gasteiger partial charge in [0.1, 0.15) is 11.6 Å². The molecule has 5 heteroatoms. The van der Waals surface area contributed by atoms with Gasteiger partial charge in [0.05, 0.1) is 5.56 Å². The number of hydrogen-bond acceptors (Lipinski definition) is 1. The van der Waals surface area contributed by atoms with E-state index in [0.29, 0.717) is 10.0 Å². The first-order chi connectivity index (χ1) is 9.06. The molecule has 2 nitrogen and oxygen atoms in total. The van der Waals surface area contributed by atoms with Gasteiger partial charge in [-0.05, 0) is 35.9 Å². The standard InChI is InChI=1S/C14H10BrF2NO/c15-10-4-5-13(17)12(7-10)14(19)18-8-9-2-1-3-11(16)6-9/h1-7H,8H2,(H,18,19). The summed E-state index contributed by atoms with van der Waals surface area (Å²) < 4.78 is 27.0. The number of halogens is 3. The van der Waals surface area contributed by atoms with Crippen molar-refractivity contribution in [2.45, 2.75) is 6.54 Å². The lowest BCUT2D eigenvalue weighted by Gasteiger charge is -2.07. The van der Waals surface area contributed by atoms with Crippen molar-refractivity contribution in [3.63, 3.8) is 0 Å². The Hall–Kier alpha value is -1.75. The van der Waals surface area contributed by atoms with Gasteiger partial charge in [0, 0.05) is 11.0 Å². The Labute approximate surface area is 117 Å². The lowest BCUT2D eigenvalue weighted by molar-refractivity contribution is 0.0946. The van der Waals surface area contributed by atoms with E-state index in [2.05, 4.69) is 21.2 Å². The van der Waals surface area contributed by atoms with E-state index in [4.69, 9.17) is 0 Å². The van der Waals surface area contributed by atoms with Crippen molar-refractivity contribution in [2.75, 3.05) is 0 Å². The van der Waals surface area contributed by atoms with Crippen molar-refractivity contribution < 1.29 is 13.6 Å². The van der Waals surface area contributed by atoms with Crippen molar-refractivity contribution in [1.29, 1.82) is 0 Å². The Kier molecular flexibility index (Phi) is 4.27. The van der Waals surface area contributed by atoms with Gasteiger partial charge in [-0.25, -0.2) is 8.78 Å². The Balaban J connectivity index is 2.07. The molecular weight excluding hydrogens is 316 g/mol. The first-order valence-corrected chi connectivity index (χ1v) is 6.33. The molecule has 0 bridgehead atoms. The average Bonchev–Trinajstić information content (AvgIpc) is 2.39. The minimum Gasteiger partial charge on any atom is -0.348 e. The SMILES string of the molecule is O=C(NCc1cccc(F)c1)c1cc(Br)ccc1F. The summed E-state index contributed by atoms with van der Waals surface area (Å²) in [6.45, 7) is 0.141. The van der Waals surface area contributed by atoms with Crippen LogP contribution in [-0.4, -0.2) is 5.91 Å². The summed E-state index contributed by atoms with van der Waals surface area (Å²) in [5, 5.41) is 2.54. The molecule has 0 heterocycles.